The SMILES string of the molecule is Cc1nc(CNC(=O)c2ccnc(C(=O)O)c2)no1. The molecule has 0 unspecified atom stereocenters. The highest BCUT2D eigenvalue weighted by molar-refractivity contribution is 5.96. The third kappa shape index (κ3) is 3.12. The fraction of sp³-hybridized carbons (Fsp3) is 0.182. The van der Waals surface area contributed by atoms with Crippen molar-refractivity contribution in [3.05, 3.63) is 41.3 Å². The van der Waals surface area contributed by atoms with E-state index in [0.717, 1.165) is 0 Å². The zero-order chi connectivity index (χ0) is 13.8. The molecule has 1 amide bonds. The predicted molar refractivity (Wildman–Crippen MR) is 61.4 cm³/mol. The maximum absolute atomic E-state index is 11.8. The van der Waals surface area contributed by atoms with Gasteiger partial charge in [0.25, 0.3) is 5.91 Å². The number of hydrogen-bond donors (Lipinski definition) is 2. The number of hydrogen-bond acceptors (Lipinski definition) is 6. The highest BCUT2D eigenvalue weighted by Crippen LogP contribution is 2.02. The fourth-order valence-corrected chi connectivity index (χ4v) is 1.36. The van der Waals surface area contributed by atoms with Gasteiger partial charge in [-0.3, -0.25) is 4.79 Å². The van der Waals surface area contributed by atoms with Gasteiger partial charge in [0.1, 0.15) is 5.69 Å². The standard InChI is InChI=1S/C11H10N4O4/c1-6-14-9(15-19-6)5-13-10(16)7-2-3-12-8(4-7)11(17)18/h2-4H,5H2,1H3,(H,13,16)(H,17,18). The Kier molecular flexibility index (Phi) is 3.51. The van der Waals surface area contributed by atoms with Crippen molar-refractivity contribution < 1.29 is 19.2 Å². The Balaban J connectivity index is 2.03. The van der Waals surface area contributed by atoms with Gasteiger partial charge in [0.05, 0.1) is 6.54 Å². The van der Waals surface area contributed by atoms with Crippen molar-refractivity contribution >= 4 is 11.9 Å². The van der Waals surface area contributed by atoms with Gasteiger partial charge in [-0.05, 0) is 12.1 Å². The van der Waals surface area contributed by atoms with Crippen LogP contribution in [0.3, 0.4) is 0 Å². The second kappa shape index (κ2) is 5.25. The van der Waals surface area contributed by atoms with Crippen LogP contribution in [0.2, 0.25) is 0 Å². The lowest BCUT2D eigenvalue weighted by atomic mass is 10.2. The number of nitrogens with zero attached hydrogens (tertiary/aromatic N) is 3. The van der Waals surface area contributed by atoms with E-state index in [-0.39, 0.29) is 17.8 Å². The third-order valence-electron chi connectivity index (χ3n) is 2.22. The van der Waals surface area contributed by atoms with E-state index < -0.39 is 11.9 Å². The molecule has 0 saturated heterocycles. The van der Waals surface area contributed by atoms with Crippen molar-refractivity contribution in [3.63, 3.8) is 0 Å². The molecule has 0 saturated carbocycles. The highest BCUT2D eigenvalue weighted by Gasteiger charge is 2.11. The summed E-state index contributed by atoms with van der Waals surface area (Å²) < 4.78 is 4.75. The Hall–Kier alpha value is -2.77. The second-order valence-corrected chi connectivity index (χ2v) is 3.65. The summed E-state index contributed by atoms with van der Waals surface area (Å²) in [6.07, 6.45) is 1.26. The zero-order valence-electron chi connectivity index (χ0n) is 9.95. The van der Waals surface area contributed by atoms with Gasteiger partial charge in [-0.25, -0.2) is 9.78 Å². The van der Waals surface area contributed by atoms with Crippen molar-refractivity contribution in [2.45, 2.75) is 13.5 Å². The van der Waals surface area contributed by atoms with Crippen LogP contribution in [0.25, 0.3) is 0 Å². The largest absolute Gasteiger partial charge is 0.477 e. The summed E-state index contributed by atoms with van der Waals surface area (Å²) in [7, 11) is 0. The lowest BCUT2D eigenvalue weighted by Crippen LogP contribution is -2.23. The predicted octanol–water partition coefficient (Wildman–Crippen LogP) is 0.401. The maximum atomic E-state index is 11.8. The minimum atomic E-state index is -1.19. The van der Waals surface area contributed by atoms with Crippen LogP contribution in [0.15, 0.2) is 22.9 Å². The first kappa shape index (κ1) is 12.7. The molecule has 0 aliphatic carbocycles. The Morgan fingerprint density at radius 1 is 1.47 bits per heavy atom. The zero-order valence-corrected chi connectivity index (χ0v) is 9.95. The molecule has 0 aliphatic heterocycles. The Labute approximate surface area is 107 Å². The molecule has 2 heterocycles. The molecule has 2 aromatic rings. The molecule has 98 valence electrons. The quantitative estimate of drug-likeness (QED) is 0.818. The molecular weight excluding hydrogens is 252 g/mol. The molecule has 19 heavy (non-hydrogen) atoms. The van der Waals surface area contributed by atoms with E-state index in [9.17, 15) is 9.59 Å². The van der Waals surface area contributed by atoms with E-state index in [2.05, 4.69) is 20.4 Å². The van der Waals surface area contributed by atoms with Crippen LogP contribution >= 0.6 is 0 Å². The summed E-state index contributed by atoms with van der Waals surface area (Å²) in [6, 6.07) is 2.61. The molecule has 0 aromatic carbocycles. The van der Waals surface area contributed by atoms with Gasteiger partial charge < -0.3 is 14.9 Å². The first-order chi connectivity index (χ1) is 9.06. The van der Waals surface area contributed by atoms with Crippen molar-refractivity contribution in [2.75, 3.05) is 0 Å². The highest BCUT2D eigenvalue weighted by atomic mass is 16.5. The number of carboxylic acids is 1. The molecule has 2 rings (SSSR count). The van der Waals surface area contributed by atoms with Crippen LogP contribution < -0.4 is 5.32 Å². The molecule has 0 atom stereocenters. The van der Waals surface area contributed by atoms with E-state index in [1.807, 2.05) is 0 Å². The Bertz CT molecular complexity index is 623. The van der Waals surface area contributed by atoms with Gasteiger partial charge in [0, 0.05) is 18.7 Å². The molecule has 0 spiro atoms. The lowest BCUT2D eigenvalue weighted by Gasteiger charge is -2.02. The number of carboxylic acid groups (broad SMARTS) is 1. The van der Waals surface area contributed by atoms with E-state index in [1.165, 1.54) is 18.3 Å². The molecular formula is C11H10N4O4. The molecule has 0 aliphatic rings. The average molecular weight is 262 g/mol. The number of aromatic carboxylic acids is 1. The average Bonchev–Trinajstić information content (AvgIpc) is 2.82. The van der Waals surface area contributed by atoms with Gasteiger partial charge in [0.2, 0.25) is 5.89 Å². The molecule has 0 radical (unpaired) electrons. The maximum Gasteiger partial charge on any atom is 0.354 e. The molecule has 0 fully saturated rings. The topological polar surface area (TPSA) is 118 Å². The number of rotatable bonds is 4. The van der Waals surface area contributed by atoms with Crippen LogP contribution in [0.5, 0.6) is 0 Å². The van der Waals surface area contributed by atoms with Crippen LogP contribution in [0.4, 0.5) is 0 Å². The van der Waals surface area contributed by atoms with Crippen LogP contribution in [-0.4, -0.2) is 32.1 Å². The van der Waals surface area contributed by atoms with Crippen LogP contribution in [0.1, 0.15) is 32.6 Å². The van der Waals surface area contributed by atoms with Crippen LogP contribution in [0, 0.1) is 6.92 Å². The summed E-state index contributed by atoms with van der Waals surface area (Å²) in [5.74, 6) is -0.879. The second-order valence-electron chi connectivity index (χ2n) is 3.65. The summed E-state index contributed by atoms with van der Waals surface area (Å²) in [5, 5.41) is 14.9. The van der Waals surface area contributed by atoms with Crippen molar-refractivity contribution in [1.82, 2.24) is 20.4 Å². The number of aromatic nitrogens is 3. The van der Waals surface area contributed by atoms with Crippen molar-refractivity contribution in [2.24, 2.45) is 0 Å². The Morgan fingerprint density at radius 3 is 2.89 bits per heavy atom. The number of nitrogens with one attached hydrogen (secondary N) is 1. The number of aryl methyl sites for hydroxylation is 1. The van der Waals surface area contributed by atoms with Gasteiger partial charge in [-0.2, -0.15) is 4.98 Å². The van der Waals surface area contributed by atoms with Crippen molar-refractivity contribution in [3.8, 4) is 0 Å². The van der Waals surface area contributed by atoms with Crippen LogP contribution in [-0.2, 0) is 6.54 Å². The minimum Gasteiger partial charge on any atom is -0.477 e. The lowest BCUT2D eigenvalue weighted by molar-refractivity contribution is 0.0690. The number of carbonyl (C=O) groups is 2. The normalized spacial score (nSPS) is 10.2. The minimum absolute atomic E-state index is 0.0981. The number of amides is 1. The third-order valence-corrected chi connectivity index (χ3v) is 2.22. The molecule has 8 nitrogen and oxygen atoms in total. The molecule has 8 heteroatoms. The fourth-order valence-electron chi connectivity index (χ4n) is 1.36. The van der Waals surface area contributed by atoms with Gasteiger partial charge >= 0.3 is 5.97 Å². The molecule has 2 N–H and O–H groups in total. The van der Waals surface area contributed by atoms with E-state index in [1.54, 1.807) is 6.92 Å². The smallest absolute Gasteiger partial charge is 0.354 e. The molecule has 0 bridgehead atoms. The first-order valence-corrected chi connectivity index (χ1v) is 5.33. The van der Waals surface area contributed by atoms with Gasteiger partial charge in [-0.1, -0.05) is 5.16 Å². The first-order valence-electron chi connectivity index (χ1n) is 5.33. The molecule has 2 aromatic heterocycles. The summed E-state index contributed by atoms with van der Waals surface area (Å²) in [4.78, 5) is 30.1. The number of carbonyl (C=O) groups excluding carboxylic acids is 1. The van der Waals surface area contributed by atoms with Gasteiger partial charge in [-0.15, -0.1) is 0 Å². The van der Waals surface area contributed by atoms with E-state index >= 15 is 0 Å². The Morgan fingerprint density at radius 2 is 2.26 bits per heavy atom. The van der Waals surface area contributed by atoms with Gasteiger partial charge in [0.15, 0.2) is 5.82 Å². The summed E-state index contributed by atoms with van der Waals surface area (Å²) >= 11 is 0. The monoisotopic (exact) mass is 262 g/mol. The van der Waals surface area contributed by atoms with E-state index in [0.29, 0.717) is 11.7 Å². The summed E-state index contributed by atoms with van der Waals surface area (Å²) in [5.41, 5.74) is 0.00988. The van der Waals surface area contributed by atoms with E-state index in [4.69, 9.17) is 9.63 Å². The van der Waals surface area contributed by atoms with Crippen molar-refractivity contribution in [1.29, 1.82) is 0 Å². The summed E-state index contributed by atoms with van der Waals surface area (Å²) in [6.45, 7) is 1.74. The number of pyridine rings is 1.